The third kappa shape index (κ3) is 4.56. The molecule has 84 valence electrons. The van der Waals surface area contributed by atoms with Gasteiger partial charge in [0.25, 0.3) is 0 Å². The largest absolute Gasteiger partial charge is 0.493 e. The molecule has 0 spiro atoms. The number of methoxy groups -OCH3 is 1. The lowest BCUT2D eigenvalue weighted by Crippen LogP contribution is -2.01. The van der Waals surface area contributed by atoms with Crippen LogP contribution in [0.1, 0.15) is 19.8 Å². The summed E-state index contributed by atoms with van der Waals surface area (Å²) < 4.78 is 10.8. The number of alkyl halides is 1. The number of para-hydroxylation sites is 2. The Labute approximate surface area is 99.7 Å². The summed E-state index contributed by atoms with van der Waals surface area (Å²) in [5.74, 6) is 1.62. The minimum Gasteiger partial charge on any atom is -0.493 e. The van der Waals surface area contributed by atoms with Crippen LogP contribution in [0, 0.1) is 0 Å². The molecular formula is C12H17BrO2. The summed E-state index contributed by atoms with van der Waals surface area (Å²) >= 11 is 3.51. The molecule has 0 aliphatic carbocycles. The quantitative estimate of drug-likeness (QED) is 0.582. The minimum atomic E-state index is 0.554. The summed E-state index contributed by atoms with van der Waals surface area (Å²) in [5.41, 5.74) is 0. The van der Waals surface area contributed by atoms with Crippen molar-refractivity contribution >= 4 is 15.9 Å². The lowest BCUT2D eigenvalue weighted by Gasteiger charge is -2.10. The highest BCUT2D eigenvalue weighted by atomic mass is 79.9. The number of benzene rings is 1. The van der Waals surface area contributed by atoms with Crippen molar-refractivity contribution in [2.24, 2.45) is 0 Å². The predicted octanol–water partition coefficient (Wildman–Crippen LogP) is 3.64. The summed E-state index contributed by atoms with van der Waals surface area (Å²) in [6, 6.07) is 7.72. The molecule has 0 saturated carbocycles. The smallest absolute Gasteiger partial charge is 0.161 e. The predicted molar refractivity (Wildman–Crippen MR) is 66.1 cm³/mol. The number of hydrogen-bond acceptors (Lipinski definition) is 2. The van der Waals surface area contributed by atoms with Gasteiger partial charge in [0, 0.05) is 4.83 Å². The Bertz CT molecular complexity index is 287. The van der Waals surface area contributed by atoms with Crippen LogP contribution in [0.5, 0.6) is 11.5 Å². The second-order valence-corrected chi connectivity index (χ2v) is 4.99. The van der Waals surface area contributed by atoms with Crippen molar-refractivity contribution in [2.45, 2.75) is 24.6 Å². The number of halogens is 1. The van der Waals surface area contributed by atoms with E-state index >= 15 is 0 Å². The molecule has 15 heavy (non-hydrogen) atoms. The number of hydrogen-bond donors (Lipinski definition) is 0. The molecule has 0 radical (unpaired) electrons. The van der Waals surface area contributed by atoms with Crippen LogP contribution in [0.3, 0.4) is 0 Å². The molecule has 0 amide bonds. The van der Waals surface area contributed by atoms with Gasteiger partial charge in [0.2, 0.25) is 0 Å². The van der Waals surface area contributed by atoms with Crippen molar-refractivity contribution in [1.29, 1.82) is 0 Å². The highest BCUT2D eigenvalue weighted by Gasteiger charge is 2.02. The van der Waals surface area contributed by atoms with Crippen LogP contribution >= 0.6 is 15.9 Å². The number of rotatable bonds is 6. The molecule has 0 fully saturated rings. The van der Waals surface area contributed by atoms with Gasteiger partial charge in [-0.2, -0.15) is 0 Å². The van der Waals surface area contributed by atoms with Crippen molar-refractivity contribution in [3.8, 4) is 11.5 Å². The second-order valence-electron chi connectivity index (χ2n) is 3.42. The lowest BCUT2D eigenvalue weighted by atomic mass is 10.2. The Morgan fingerprint density at radius 3 is 2.53 bits per heavy atom. The fraction of sp³-hybridized carbons (Fsp3) is 0.500. The molecule has 1 unspecified atom stereocenters. The Hall–Kier alpha value is -0.700. The van der Waals surface area contributed by atoms with Crippen LogP contribution in [0.15, 0.2) is 24.3 Å². The highest BCUT2D eigenvalue weighted by Crippen LogP contribution is 2.25. The van der Waals surface area contributed by atoms with E-state index in [1.807, 2.05) is 24.3 Å². The maximum absolute atomic E-state index is 5.63. The molecule has 2 nitrogen and oxygen atoms in total. The molecular weight excluding hydrogens is 256 g/mol. The Morgan fingerprint density at radius 1 is 1.27 bits per heavy atom. The summed E-state index contributed by atoms with van der Waals surface area (Å²) in [6.45, 7) is 2.87. The van der Waals surface area contributed by atoms with E-state index in [-0.39, 0.29) is 0 Å². The van der Waals surface area contributed by atoms with E-state index in [4.69, 9.17) is 9.47 Å². The zero-order valence-corrected chi connectivity index (χ0v) is 10.8. The van der Waals surface area contributed by atoms with Gasteiger partial charge in [-0.25, -0.2) is 0 Å². The molecule has 1 atom stereocenters. The molecule has 0 aliphatic rings. The van der Waals surface area contributed by atoms with Crippen LogP contribution in [-0.4, -0.2) is 18.5 Å². The van der Waals surface area contributed by atoms with E-state index in [1.54, 1.807) is 7.11 Å². The topological polar surface area (TPSA) is 18.5 Å². The molecule has 0 heterocycles. The van der Waals surface area contributed by atoms with E-state index in [0.717, 1.165) is 30.9 Å². The first-order chi connectivity index (χ1) is 7.24. The van der Waals surface area contributed by atoms with Crippen molar-refractivity contribution in [3.63, 3.8) is 0 Å². The van der Waals surface area contributed by atoms with E-state index in [9.17, 15) is 0 Å². The Kier molecular flexibility index (Phi) is 5.54. The Balaban J connectivity index is 2.36. The molecule has 0 N–H and O–H groups in total. The SMILES string of the molecule is COc1ccccc1OCCCC(C)Br. The van der Waals surface area contributed by atoms with Gasteiger partial charge in [0.15, 0.2) is 11.5 Å². The molecule has 3 heteroatoms. The van der Waals surface area contributed by atoms with Crippen LogP contribution < -0.4 is 9.47 Å². The molecule has 1 rings (SSSR count). The zero-order chi connectivity index (χ0) is 11.1. The molecule has 1 aromatic carbocycles. The summed E-state index contributed by atoms with van der Waals surface area (Å²) in [6.07, 6.45) is 2.17. The van der Waals surface area contributed by atoms with E-state index < -0.39 is 0 Å². The Morgan fingerprint density at radius 2 is 1.93 bits per heavy atom. The fourth-order valence-electron chi connectivity index (χ4n) is 1.28. The lowest BCUT2D eigenvalue weighted by molar-refractivity contribution is 0.286. The van der Waals surface area contributed by atoms with Crippen LogP contribution in [0.4, 0.5) is 0 Å². The van der Waals surface area contributed by atoms with Gasteiger partial charge in [0.05, 0.1) is 13.7 Å². The van der Waals surface area contributed by atoms with Gasteiger partial charge in [-0.15, -0.1) is 0 Å². The van der Waals surface area contributed by atoms with Crippen LogP contribution in [-0.2, 0) is 0 Å². The maximum Gasteiger partial charge on any atom is 0.161 e. The molecule has 1 aromatic rings. The fourth-order valence-corrected chi connectivity index (χ4v) is 1.61. The highest BCUT2D eigenvalue weighted by molar-refractivity contribution is 9.09. The summed E-state index contributed by atoms with van der Waals surface area (Å²) in [4.78, 5) is 0.554. The zero-order valence-electron chi connectivity index (χ0n) is 9.20. The molecule has 0 saturated heterocycles. The van der Waals surface area contributed by atoms with Crippen molar-refractivity contribution in [3.05, 3.63) is 24.3 Å². The first-order valence-electron chi connectivity index (χ1n) is 5.14. The molecule has 0 aromatic heterocycles. The second kappa shape index (κ2) is 6.72. The van der Waals surface area contributed by atoms with E-state index in [0.29, 0.717) is 4.83 Å². The standard InChI is InChI=1S/C12H17BrO2/c1-10(13)6-5-9-15-12-8-4-3-7-11(12)14-2/h3-4,7-8,10H,5-6,9H2,1-2H3. The number of ether oxygens (including phenoxy) is 2. The monoisotopic (exact) mass is 272 g/mol. The average Bonchev–Trinajstić information content (AvgIpc) is 2.24. The van der Waals surface area contributed by atoms with Gasteiger partial charge in [-0.1, -0.05) is 35.0 Å². The van der Waals surface area contributed by atoms with Gasteiger partial charge in [0.1, 0.15) is 0 Å². The third-order valence-corrected chi connectivity index (χ3v) is 2.53. The van der Waals surface area contributed by atoms with Gasteiger partial charge < -0.3 is 9.47 Å². The van der Waals surface area contributed by atoms with Gasteiger partial charge >= 0.3 is 0 Å². The minimum absolute atomic E-state index is 0.554. The van der Waals surface area contributed by atoms with Crippen LogP contribution in [0.2, 0.25) is 0 Å². The van der Waals surface area contributed by atoms with E-state index in [1.165, 1.54) is 0 Å². The van der Waals surface area contributed by atoms with Crippen molar-refractivity contribution in [2.75, 3.05) is 13.7 Å². The third-order valence-electron chi connectivity index (χ3n) is 2.07. The summed E-state index contributed by atoms with van der Waals surface area (Å²) in [7, 11) is 1.66. The molecule has 0 aliphatic heterocycles. The van der Waals surface area contributed by atoms with Gasteiger partial charge in [-0.3, -0.25) is 0 Å². The first-order valence-corrected chi connectivity index (χ1v) is 6.05. The summed E-state index contributed by atoms with van der Waals surface area (Å²) in [5, 5.41) is 0. The average molecular weight is 273 g/mol. The van der Waals surface area contributed by atoms with Crippen LogP contribution in [0.25, 0.3) is 0 Å². The normalized spacial score (nSPS) is 12.2. The first kappa shape index (κ1) is 12.4. The van der Waals surface area contributed by atoms with Gasteiger partial charge in [-0.05, 0) is 25.0 Å². The van der Waals surface area contributed by atoms with E-state index in [2.05, 4.69) is 22.9 Å². The molecule has 0 bridgehead atoms. The maximum atomic E-state index is 5.63. The van der Waals surface area contributed by atoms with Crippen molar-refractivity contribution < 1.29 is 9.47 Å². The van der Waals surface area contributed by atoms with Crippen molar-refractivity contribution in [1.82, 2.24) is 0 Å².